The Morgan fingerprint density at radius 2 is 1.76 bits per heavy atom. The smallest absolute Gasteiger partial charge is 0.220 e. The molecule has 3 N–H and O–H groups in total. The van der Waals surface area contributed by atoms with Gasteiger partial charge in [0.15, 0.2) is 11.5 Å². The van der Waals surface area contributed by atoms with E-state index in [0.29, 0.717) is 42.6 Å². The van der Waals surface area contributed by atoms with Crippen molar-refractivity contribution in [3.8, 4) is 17.2 Å². The quantitative estimate of drug-likeness (QED) is 0.695. The molecule has 0 bridgehead atoms. The maximum Gasteiger partial charge on any atom is 0.220 e. The molecule has 0 spiro atoms. The van der Waals surface area contributed by atoms with Crippen molar-refractivity contribution in [3.63, 3.8) is 0 Å². The lowest BCUT2D eigenvalue weighted by molar-refractivity contribution is -0.123. The summed E-state index contributed by atoms with van der Waals surface area (Å²) < 4.78 is 16.0. The van der Waals surface area contributed by atoms with Gasteiger partial charge in [0, 0.05) is 13.0 Å². The van der Waals surface area contributed by atoms with Crippen LogP contribution in [0.5, 0.6) is 17.2 Å². The molecule has 25 heavy (non-hydrogen) atoms. The van der Waals surface area contributed by atoms with Crippen LogP contribution < -0.4 is 25.3 Å². The number of hydrogen-bond acceptors (Lipinski definition) is 5. The number of amides is 1. The van der Waals surface area contributed by atoms with Gasteiger partial charge in [0.2, 0.25) is 11.7 Å². The second-order valence-corrected chi connectivity index (χ2v) is 6.48. The SMILES string of the molecule is COc1cc(CCC(=O)NC(C)(CN)C2CC2)cc(OC)c1OC.Cl. The summed E-state index contributed by atoms with van der Waals surface area (Å²) in [5.74, 6) is 2.27. The van der Waals surface area contributed by atoms with Gasteiger partial charge in [-0.25, -0.2) is 0 Å². The number of carbonyl (C=O) groups excluding carboxylic acids is 1. The van der Waals surface area contributed by atoms with Crippen LogP contribution in [0.25, 0.3) is 0 Å². The molecule has 0 radical (unpaired) electrons. The Hall–Kier alpha value is -1.66. The summed E-state index contributed by atoms with van der Waals surface area (Å²) in [4.78, 5) is 12.3. The first-order valence-electron chi connectivity index (χ1n) is 8.27. The molecule has 2 rings (SSSR count). The first-order chi connectivity index (χ1) is 11.5. The Kier molecular flexibility index (Phi) is 7.83. The van der Waals surface area contributed by atoms with E-state index in [1.165, 1.54) is 0 Å². The molecule has 1 unspecified atom stereocenters. The van der Waals surface area contributed by atoms with Gasteiger partial charge < -0.3 is 25.3 Å². The predicted octanol–water partition coefficient (Wildman–Crippen LogP) is 2.31. The minimum atomic E-state index is -0.285. The Morgan fingerprint density at radius 1 is 1.20 bits per heavy atom. The second kappa shape index (κ2) is 9.15. The van der Waals surface area contributed by atoms with Gasteiger partial charge in [0.25, 0.3) is 0 Å². The number of benzene rings is 1. The van der Waals surface area contributed by atoms with E-state index >= 15 is 0 Å². The van der Waals surface area contributed by atoms with Crippen molar-refractivity contribution in [1.29, 1.82) is 0 Å². The number of methoxy groups -OCH3 is 3. The molecule has 0 saturated heterocycles. The summed E-state index contributed by atoms with van der Waals surface area (Å²) in [5.41, 5.74) is 6.52. The molecule has 1 aromatic carbocycles. The van der Waals surface area contributed by atoms with Crippen molar-refractivity contribution >= 4 is 18.3 Å². The van der Waals surface area contributed by atoms with Crippen LogP contribution in [0, 0.1) is 5.92 Å². The fourth-order valence-electron chi connectivity index (χ4n) is 2.96. The fourth-order valence-corrected chi connectivity index (χ4v) is 2.96. The van der Waals surface area contributed by atoms with Crippen molar-refractivity contribution < 1.29 is 19.0 Å². The van der Waals surface area contributed by atoms with Crippen molar-refractivity contribution in [3.05, 3.63) is 17.7 Å². The third-order valence-corrected chi connectivity index (χ3v) is 4.69. The largest absolute Gasteiger partial charge is 0.493 e. The van der Waals surface area contributed by atoms with Crippen molar-refractivity contribution in [1.82, 2.24) is 5.32 Å². The zero-order chi connectivity index (χ0) is 17.7. The van der Waals surface area contributed by atoms with Crippen molar-refractivity contribution in [2.45, 2.75) is 38.1 Å². The van der Waals surface area contributed by atoms with E-state index in [2.05, 4.69) is 5.32 Å². The average molecular weight is 373 g/mol. The lowest BCUT2D eigenvalue weighted by Crippen LogP contribution is -2.53. The number of rotatable bonds is 9. The standard InChI is InChI=1S/C18H28N2O4.ClH/c1-18(11-19,13-6-7-13)20-16(21)8-5-12-9-14(22-2)17(24-4)15(10-12)23-3;/h9-10,13H,5-8,11,19H2,1-4H3,(H,20,21);1H. The number of aryl methyl sites for hydroxylation is 1. The molecule has 1 atom stereocenters. The van der Waals surface area contributed by atoms with Crippen molar-refractivity contribution in [2.75, 3.05) is 27.9 Å². The highest BCUT2D eigenvalue weighted by Gasteiger charge is 2.41. The second-order valence-electron chi connectivity index (χ2n) is 6.48. The van der Waals surface area contributed by atoms with Crippen LogP contribution in [0.15, 0.2) is 12.1 Å². The molecule has 0 aromatic heterocycles. The molecule has 1 aliphatic rings. The zero-order valence-corrected chi connectivity index (χ0v) is 16.2. The Bertz CT molecular complexity index is 567. The molecule has 1 amide bonds. The molecule has 1 saturated carbocycles. The summed E-state index contributed by atoms with van der Waals surface area (Å²) in [6.07, 6.45) is 3.26. The van der Waals surface area contributed by atoms with Crippen LogP contribution in [0.2, 0.25) is 0 Å². The predicted molar refractivity (Wildman–Crippen MR) is 100.0 cm³/mol. The highest BCUT2D eigenvalue weighted by atomic mass is 35.5. The van der Waals surface area contributed by atoms with Gasteiger partial charge >= 0.3 is 0 Å². The van der Waals surface area contributed by atoms with Crippen LogP contribution in [0.1, 0.15) is 31.7 Å². The molecule has 6 nitrogen and oxygen atoms in total. The summed E-state index contributed by atoms with van der Waals surface area (Å²) in [6, 6.07) is 3.75. The molecular formula is C18H29ClN2O4. The van der Waals surface area contributed by atoms with Crippen LogP contribution in [0.3, 0.4) is 0 Å². The number of ether oxygens (including phenoxy) is 3. The Morgan fingerprint density at radius 3 is 2.16 bits per heavy atom. The molecule has 7 heteroatoms. The lowest BCUT2D eigenvalue weighted by atomic mass is 9.95. The molecule has 1 aliphatic carbocycles. The van der Waals surface area contributed by atoms with E-state index in [4.69, 9.17) is 19.9 Å². The van der Waals surface area contributed by atoms with Gasteiger partial charge in [-0.1, -0.05) is 0 Å². The van der Waals surface area contributed by atoms with Gasteiger partial charge in [-0.05, 0) is 49.8 Å². The Labute approximate surface area is 155 Å². The molecule has 142 valence electrons. The first kappa shape index (κ1) is 21.4. The molecule has 1 fully saturated rings. The van der Waals surface area contributed by atoms with Crippen molar-refractivity contribution in [2.24, 2.45) is 11.7 Å². The van der Waals surface area contributed by atoms with E-state index in [9.17, 15) is 4.79 Å². The van der Waals surface area contributed by atoms with E-state index in [1.807, 2.05) is 19.1 Å². The highest BCUT2D eigenvalue weighted by molar-refractivity contribution is 5.85. The Balaban J connectivity index is 0.00000312. The number of hydrogen-bond donors (Lipinski definition) is 2. The fraction of sp³-hybridized carbons (Fsp3) is 0.611. The van der Waals surface area contributed by atoms with E-state index in [0.717, 1.165) is 18.4 Å². The normalized spacial score (nSPS) is 15.6. The zero-order valence-electron chi connectivity index (χ0n) is 15.4. The van der Waals surface area contributed by atoms with Gasteiger partial charge in [0.1, 0.15) is 0 Å². The van der Waals surface area contributed by atoms with E-state index in [1.54, 1.807) is 21.3 Å². The van der Waals surface area contributed by atoms with Gasteiger partial charge in [-0.15, -0.1) is 12.4 Å². The van der Waals surface area contributed by atoms with E-state index in [-0.39, 0.29) is 23.9 Å². The van der Waals surface area contributed by atoms with Gasteiger partial charge in [-0.3, -0.25) is 4.79 Å². The highest BCUT2D eigenvalue weighted by Crippen LogP contribution is 2.39. The molecule has 0 aliphatic heterocycles. The van der Waals surface area contributed by atoms with E-state index < -0.39 is 0 Å². The van der Waals surface area contributed by atoms with Gasteiger partial charge in [0.05, 0.1) is 26.9 Å². The maximum atomic E-state index is 12.3. The topological polar surface area (TPSA) is 82.8 Å². The number of nitrogens with one attached hydrogen (secondary N) is 1. The third-order valence-electron chi connectivity index (χ3n) is 4.69. The van der Waals surface area contributed by atoms with Crippen LogP contribution in [0.4, 0.5) is 0 Å². The summed E-state index contributed by atoms with van der Waals surface area (Å²) >= 11 is 0. The monoisotopic (exact) mass is 372 g/mol. The minimum absolute atomic E-state index is 0. The average Bonchev–Trinajstić information content (AvgIpc) is 3.44. The van der Waals surface area contributed by atoms with Gasteiger partial charge in [-0.2, -0.15) is 0 Å². The minimum Gasteiger partial charge on any atom is -0.493 e. The van der Waals surface area contributed by atoms with Crippen LogP contribution in [-0.2, 0) is 11.2 Å². The molecule has 1 aromatic rings. The molecule has 0 heterocycles. The maximum absolute atomic E-state index is 12.3. The number of nitrogens with two attached hydrogens (primary N) is 1. The summed E-state index contributed by atoms with van der Waals surface area (Å²) in [5, 5.41) is 3.10. The number of halogens is 1. The summed E-state index contributed by atoms with van der Waals surface area (Å²) in [6.45, 7) is 2.50. The summed E-state index contributed by atoms with van der Waals surface area (Å²) in [7, 11) is 4.73. The first-order valence-corrected chi connectivity index (χ1v) is 8.27. The third kappa shape index (κ3) is 5.16. The number of carbonyl (C=O) groups is 1. The van der Waals surface area contributed by atoms with Crippen LogP contribution in [-0.4, -0.2) is 39.3 Å². The van der Waals surface area contributed by atoms with Crippen LogP contribution >= 0.6 is 12.4 Å². The lowest BCUT2D eigenvalue weighted by Gasteiger charge is -2.29. The molecular weight excluding hydrogens is 344 g/mol.